The second-order valence-corrected chi connectivity index (χ2v) is 3.10. The van der Waals surface area contributed by atoms with E-state index in [1.54, 1.807) is 0 Å². The minimum atomic E-state index is -2.90. The Bertz CT molecular complexity index is 423. The molecule has 0 aliphatic heterocycles. The van der Waals surface area contributed by atoms with Gasteiger partial charge in [0.25, 0.3) is 6.43 Å². The minimum absolute atomic E-state index is 0.0227. The third kappa shape index (κ3) is 3.02. The van der Waals surface area contributed by atoms with Crippen LogP contribution >= 0.6 is 0 Å². The van der Waals surface area contributed by atoms with Crippen molar-refractivity contribution in [2.45, 2.75) is 12.8 Å². The molecule has 0 unspecified atom stereocenters. The first-order valence-corrected chi connectivity index (χ1v) is 4.61. The standard InChI is InChI=1S/C10H11F2NO4/c1-16-6-4-7(17-2)13-9(10(11)12)5(6)3-8(14)15/h4,10H,3H2,1-2H3,(H,14,15). The van der Waals surface area contributed by atoms with Crippen LogP contribution in [0.25, 0.3) is 0 Å². The lowest BCUT2D eigenvalue weighted by atomic mass is 10.1. The van der Waals surface area contributed by atoms with Crippen LogP contribution in [0.15, 0.2) is 6.07 Å². The van der Waals surface area contributed by atoms with E-state index < -0.39 is 24.5 Å². The second kappa shape index (κ2) is 5.42. The fraction of sp³-hybridized carbons (Fsp3) is 0.400. The predicted octanol–water partition coefficient (Wildman–Crippen LogP) is 1.66. The molecule has 0 amide bonds. The van der Waals surface area contributed by atoms with Gasteiger partial charge in [0.15, 0.2) is 0 Å². The van der Waals surface area contributed by atoms with Crippen molar-refractivity contribution < 1.29 is 28.2 Å². The van der Waals surface area contributed by atoms with Gasteiger partial charge in [-0.25, -0.2) is 13.8 Å². The summed E-state index contributed by atoms with van der Waals surface area (Å²) in [5.41, 5.74) is -0.778. The molecule has 1 heterocycles. The number of halogens is 2. The molecular weight excluding hydrogens is 236 g/mol. The smallest absolute Gasteiger partial charge is 0.308 e. The first-order chi connectivity index (χ1) is 7.99. The zero-order chi connectivity index (χ0) is 13.0. The molecule has 1 aromatic heterocycles. The topological polar surface area (TPSA) is 68.7 Å². The van der Waals surface area contributed by atoms with Crippen LogP contribution < -0.4 is 9.47 Å². The van der Waals surface area contributed by atoms with Crippen LogP contribution in [0.1, 0.15) is 17.7 Å². The van der Waals surface area contributed by atoms with Crippen molar-refractivity contribution >= 4 is 5.97 Å². The lowest BCUT2D eigenvalue weighted by molar-refractivity contribution is -0.136. The molecule has 7 heteroatoms. The average Bonchev–Trinajstić information content (AvgIpc) is 2.28. The summed E-state index contributed by atoms with van der Waals surface area (Å²) in [6.45, 7) is 0. The monoisotopic (exact) mass is 247 g/mol. The number of methoxy groups -OCH3 is 2. The minimum Gasteiger partial charge on any atom is -0.496 e. The molecule has 1 rings (SSSR count). The number of carbonyl (C=O) groups is 1. The number of alkyl halides is 2. The van der Waals surface area contributed by atoms with Crippen LogP contribution in [0.5, 0.6) is 11.6 Å². The molecule has 0 aliphatic rings. The van der Waals surface area contributed by atoms with E-state index in [0.29, 0.717) is 0 Å². The molecule has 0 fully saturated rings. The van der Waals surface area contributed by atoms with Crippen LogP contribution in [0, 0.1) is 0 Å². The number of hydrogen-bond donors (Lipinski definition) is 1. The summed E-state index contributed by atoms with van der Waals surface area (Å²) < 4.78 is 35.1. The van der Waals surface area contributed by atoms with Gasteiger partial charge in [-0.05, 0) is 0 Å². The lowest BCUT2D eigenvalue weighted by Gasteiger charge is -2.13. The maximum absolute atomic E-state index is 12.7. The van der Waals surface area contributed by atoms with Gasteiger partial charge in [-0.2, -0.15) is 0 Å². The maximum atomic E-state index is 12.7. The van der Waals surface area contributed by atoms with Gasteiger partial charge >= 0.3 is 5.97 Å². The molecule has 1 aromatic rings. The number of rotatable bonds is 5. The molecule has 0 aliphatic carbocycles. The highest BCUT2D eigenvalue weighted by molar-refractivity contribution is 5.72. The summed E-state index contributed by atoms with van der Waals surface area (Å²) in [7, 11) is 2.53. The van der Waals surface area contributed by atoms with Gasteiger partial charge in [-0.1, -0.05) is 0 Å². The Kier molecular flexibility index (Phi) is 4.19. The number of nitrogens with zero attached hydrogens (tertiary/aromatic N) is 1. The quantitative estimate of drug-likeness (QED) is 0.857. The fourth-order valence-electron chi connectivity index (χ4n) is 1.34. The summed E-state index contributed by atoms with van der Waals surface area (Å²) >= 11 is 0. The fourth-order valence-corrected chi connectivity index (χ4v) is 1.34. The number of pyridine rings is 1. The third-order valence-electron chi connectivity index (χ3n) is 2.06. The summed E-state index contributed by atoms with van der Waals surface area (Å²) in [5.74, 6) is -1.27. The van der Waals surface area contributed by atoms with E-state index >= 15 is 0 Å². The molecule has 5 nitrogen and oxygen atoms in total. The van der Waals surface area contributed by atoms with Gasteiger partial charge in [0, 0.05) is 11.6 Å². The van der Waals surface area contributed by atoms with Gasteiger partial charge in [0.1, 0.15) is 11.4 Å². The lowest BCUT2D eigenvalue weighted by Crippen LogP contribution is -2.09. The van der Waals surface area contributed by atoms with Crippen molar-refractivity contribution in [2.75, 3.05) is 14.2 Å². The molecule has 0 radical (unpaired) electrons. The van der Waals surface area contributed by atoms with Crippen LogP contribution in [0.4, 0.5) is 8.78 Å². The van der Waals surface area contributed by atoms with Crippen molar-refractivity contribution in [1.82, 2.24) is 4.98 Å². The summed E-state index contributed by atoms with van der Waals surface area (Å²) in [4.78, 5) is 14.1. The number of carboxylic acids is 1. The molecular formula is C10H11F2NO4. The molecule has 1 N–H and O–H groups in total. The molecule has 0 atom stereocenters. The molecule has 94 valence electrons. The van der Waals surface area contributed by atoms with Crippen molar-refractivity contribution in [3.05, 3.63) is 17.3 Å². The van der Waals surface area contributed by atoms with E-state index in [4.69, 9.17) is 14.6 Å². The Balaban J connectivity index is 3.35. The number of hydrogen-bond acceptors (Lipinski definition) is 4. The highest BCUT2D eigenvalue weighted by Gasteiger charge is 2.22. The van der Waals surface area contributed by atoms with Gasteiger partial charge in [-0.3, -0.25) is 4.79 Å². The number of aliphatic carboxylic acids is 1. The van der Waals surface area contributed by atoms with Crippen LogP contribution in [-0.4, -0.2) is 30.3 Å². The first-order valence-electron chi connectivity index (χ1n) is 4.61. The Morgan fingerprint density at radius 2 is 2.12 bits per heavy atom. The van der Waals surface area contributed by atoms with E-state index in [0.717, 1.165) is 0 Å². The number of carboxylic acid groups (broad SMARTS) is 1. The van der Waals surface area contributed by atoms with Crippen molar-refractivity contribution in [3.63, 3.8) is 0 Å². The summed E-state index contributed by atoms with van der Waals surface area (Å²) in [6.07, 6.45) is -3.48. The average molecular weight is 247 g/mol. The number of aromatic nitrogens is 1. The molecule has 0 saturated heterocycles. The van der Waals surface area contributed by atoms with Gasteiger partial charge < -0.3 is 14.6 Å². The zero-order valence-electron chi connectivity index (χ0n) is 9.24. The Hall–Kier alpha value is -1.92. The third-order valence-corrected chi connectivity index (χ3v) is 2.06. The second-order valence-electron chi connectivity index (χ2n) is 3.10. The molecule has 0 spiro atoms. The van der Waals surface area contributed by atoms with Gasteiger partial charge in [0.2, 0.25) is 5.88 Å². The molecule has 17 heavy (non-hydrogen) atoms. The SMILES string of the molecule is COc1cc(OC)c(CC(=O)O)c(C(F)F)n1. The highest BCUT2D eigenvalue weighted by atomic mass is 19.3. The first kappa shape index (κ1) is 13.1. The van der Waals surface area contributed by atoms with E-state index in [9.17, 15) is 13.6 Å². The van der Waals surface area contributed by atoms with E-state index in [2.05, 4.69) is 4.98 Å². The zero-order valence-corrected chi connectivity index (χ0v) is 9.24. The maximum Gasteiger partial charge on any atom is 0.308 e. The summed E-state index contributed by atoms with van der Waals surface area (Å²) in [5, 5.41) is 8.66. The Morgan fingerprint density at radius 3 is 2.53 bits per heavy atom. The molecule has 0 saturated carbocycles. The normalized spacial score (nSPS) is 10.4. The van der Waals surface area contributed by atoms with E-state index in [-0.39, 0.29) is 17.2 Å². The Labute approximate surface area is 96.0 Å². The molecule has 0 bridgehead atoms. The largest absolute Gasteiger partial charge is 0.496 e. The number of ether oxygens (including phenoxy) is 2. The van der Waals surface area contributed by atoms with E-state index in [1.807, 2.05) is 0 Å². The summed E-state index contributed by atoms with van der Waals surface area (Å²) in [6, 6.07) is 1.27. The Morgan fingerprint density at radius 1 is 1.47 bits per heavy atom. The highest BCUT2D eigenvalue weighted by Crippen LogP contribution is 2.31. The van der Waals surface area contributed by atoms with Crippen molar-refractivity contribution in [2.24, 2.45) is 0 Å². The van der Waals surface area contributed by atoms with Crippen LogP contribution in [0.2, 0.25) is 0 Å². The van der Waals surface area contributed by atoms with Crippen molar-refractivity contribution in [1.29, 1.82) is 0 Å². The predicted molar refractivity (Wildman–Crippen MR) is 53.6 cm³/mol. The van der Waals surface area contributed by atoms with Crippen LogP contribution in [-0.2, 0) is 11.2 Å². The van der Waals surface area contributed by atoms with Gasteiger partial charge in [-0.15, -0.1) is 0 Å². The van der Waals surface area contributed by atoms with Gasteiger partial charge in [0.05, 0.1) is 20.6 Å². The van der Waals surface area contributed by atoms with E-state index in [1.165, 1.54) is 20.3 Å². The van der Waals surface area contributed by atoms with Crippen molar-refractivity contribution in [3.8, 4) is 11.6 Å². The molecule has 0 aromatic carbocycles. The van der Waals surface area contributed by atoms with Crippen LogP contribution in [0.3, 0.4) is 0 Å².